The van der Waals surface area contributed by atoms with Crippen LogP contribution in [0, 0.1) is 0 Å². The monoisotopic (exact) mass is 354 g/mol. The maximum atomic E-state index is 12.2. The lowest BCUT2D eigenvalue weighted by atomic mass is 10.0. The van der Waals surface area contributed by atoms with Gasteiger partial charge in [-0.1, -0.05) is 12.1 Å². The molecule has 1 fully saturated rings. The van der Waals surface area contributed by atoms with Crippen molar-refractivity contribution in [3.05, 3.63) is 34.3 Å². The molecule has 114 valence electrons. The number of hydrogen-bond donors (Lipinski definition) is 1. The Morgan fingerprint density at radius 1 is 1.33 bits per heavy atom. The average molecular weight is 355 g/mol. The maximum Gasteiger partial charge on any atom is 0.409 e. The number of amides is 2. The van der Waals surface area contributed by atoms with Crippen LogP contribution in [0.1, 0.15) is 30.1 Å². The molecule has 0 saturated carbocycles. The summed E-state index contributed by atoms with van der Waals surface area (Å²) in [4.78, 5) is 25.5. The van der Waals surface area contributed by atoms with Crippen LogP contribution in [0.4, 0.5) is 4.79 Å². The van der Waals surface area contributed by atoms with E-state index in [2.05, 4.69) is 21.2 Å². The van der Waals surface area contributed by atoms with Gasteiger partial charge in [-0.3, -0.25) is 4.79 Å². The first-order valence-corrected chi connectivity index (χ1v) is 7.88. The fraction of sp³-hybridized carbons (Fsp3) is 0.467. The topological polar surface area (TPSA) is 58.6 Å². The molecule has 21 heavy (non-hydrogen) atoms. The number of piperidine rings is 1. The molecular formula is C15H19BrN2O3. The molecule has 0 aromatic heterocycles. The lowest BCUT2D eigenvalue weighted by molar-refractivity contribution is 0.0859. The molecule has 0 bridgehead atoms. The molecule has 1 heterocycles. The number of likely N-dealkylation sites (tertiary alicyclic amines) is 1. The average Bonchev–Trinajstić information content (AvgIpc) is 2.48. The van der Waals surface area contributed by atoms with Crippen molar-refractivity contribution in [3.8, 4) is 0 Å². The summed E-state index contributed by atoms with van der Waals surface area (Å²) < 4.78 is 5.76. The predicted octanol–water partition coefficient (Wildman–Crippen LogP) is 2.80. The zero-order chi connectivity index (χ0) is 15.2. The van der Waals surface area contributed by atoms with Gasteiger partial charge in [-0.25, -0.2) is 4.79 Å². The van der Waals surface area contributed by atoms with Crippen molar-refractivity contribution in [1.29, 1.82) is 0 Å². The van der Waals surface area contributed by atoms with Crippen LogP contribution in [-0.2, 0) is 4.74 Å². The Bertz CT molecular complexity index is 513. The summed E-state index contributed by atoms with van der Waals surface area (Å²) in [6, 6.07) is 7.43. The first-order valence-electron chi connectivity index (χ1n) is 7.09. The Morgan fingerprint density at radius 2 is 2.00 bits per heavy atom. The van der Waals surface area contributed by atoms with Gasteiger partial charge in [0.15, 0.2) is 0 Å². The number of rotatable bonds is 3. The van der Waals surface area contributed by atoms with Crippen molar-refractivity contribution in [2.75, 3.05) is 19.7 Å². The lowest BCUT2D eigenvalue weighted by Crippen LogP contribution is -2.46. The van der Waals surface area contributed by atoms with Crippen molar-refractivity contribution >= 4 is 27.9 Å². The number of hydrogen-bond acceptors (Lipinski definition) is 3. The Morgan fingerprint density at radius 3 is 2.62 bits per heavy atom. The predicted molar refractivity (Wildman–Crippen MR) is 83.2 cm³/mol. The number of halogens is 1. The van der Waals surface area contributed by atoms with Gasteiger partial charge < -0.3 is 15.0 Å². The van der Waals surface area contributed by atoms with Gasteiger partial charge in [0.2, 0.25) is 0 Å². The quantitative estimate of drug-likeness (QED) is 0.907. The summed E-state index contributed by atoms with van der Waals surface area (Å²) in [6.07, 6.45) is 1.22. The van der Waals surface area contributed by atoms with E-state index >= 15 is 0 Å². The van der Waals surface area contributed by atoms with Crippen molar-refractivity contribution in [1.82, 2.24) is 10.2 Å². The third-order valence-electron chi connectivity index (χ3n) is 3.47. The minimum Gasteiger partial charge on any atom is -0.450 e. The summed E-state index contributed by atoms with van der Waals surface area (Å²) >= 11 is 3.38. The minimum atomic E-state index is -0.270. The van der Waals surface area contributed by atoms with Gasteiger partial charge in [0.1, 0.15) is 0 Å². The molecule has 0 unspecified atom stereocenters. The van der Waals surface area contributed by atoms with E-state index in [0.717, 1.165) is 17.3 Å². The van der Waals surface area contributed by atoms with Crippen LogP contribution in [0.5, 0.6) is 0 Å². The third-order valence-corrected chi connectivity index (χ3v) is 4.17. The Kier molecular flexibility index (Phi) is 5.61. The molecular weight excluding hydrogens is 336 g/mol. The van der Waals surface area contributed by atoms with E-state index < -0.39 is 0 Å². The van der Waals surface area contributed by atoms with Gasteiger partial charge in [-0.15, -0.1) is 0 Å². The highest BCUT2D eigenvalue weighted by atomic mass is 79.9. The van der Waals surface area contributed by atoms with Crippen LogP contribution in [0.15, 0.2) is 28.7 Å². The highest BCUT2D eigenvalue weighted by molar-refractivity contribution is 9.10. The van der Waals surface area contributed by atoms with E-state index in [1.807, 2.05) is 18.2 Å². The van der Waals surface area contributed by atoms with E-state index in [4.69, 9.17) is 4.74 Å². The Labute approximate surface area is 132 Å². The Balaban J connectivity index is 1.85. The largest absolute Gasteiger partial charge is 0.450 e. The molecule has 0 radical (unpaired) electrons. The number of nitrogens with one attached hydrogen (secondary N) is 1. The van der Waals surface area contributed by atoms with E-state index in [1.165, 1.54) is 0 Å². The van der Waals surface area contributed by atoms with Crippen molar-refractivity contribution in [2.24, 2.45) is 0 Å². The first kappa shape index (κ1) is 15.8. The molecule has 1 aromatic rings. The molecule has 1 saturated heterocycles. The zero-order valence-corrected chi connectivity index (χ0v) is 13.6. The number of carbonyl (C=O) groups excluding carboxylic acids is 2. The molecule has 1 aromatic carbocycles. The normalized spacial score (nSPS) is 15.6. The fourth-order valence-electron chi connectivity index (χ4n) is 2.33. The molecule has 0 atom stereocenters. The van der Waals surface area contributed by atoms with Crippen molar-refractivity contribution in [3.63, 3.8) is 0 Å². The van der Waals surface area contributed by atoms with Crippen molar-refractivity contribution in [2.45, 2.75) is 25.8 Å². The van der Waals surface area contributed by atoms with Crippen LogP contribution < -0.4 is 5.32 Å². The van der Waals surface area contributed by atoms with Gasteiger partial charge in [0, 0.05) is 23.6 Å². The summed E-state index contributed by atoms with van der Waals surface area (Å²) in [5.74, 6) is -0.0861. The van der Waals surface area contributed by atoms with Crippen LogP contribution in [0.3, 0.4) is 0 Å². The maximum absolute atomic E-state index is 12.2. The van der Waals surface area contributed by atoms with E-state index in [-0.39, 0.29) is 18.0 Å². The van der Waals surface area contributed by atoms with Crippen molar-refractivity contribution < 1.29 is 14.3 Å². The molecule has 5 nitrogen and oxygen atoms in total. The van der Waals surface area contributed by atoms with Gasteiger partial charge in [-0.2, -0.15) is 0 Å². The van der Waals surface area contributed by atoms with E-state index in [1.54, 1.807) is 17.9 Å². The number of benzene rings is 1. The van der Waals surface area contributed by atoms with Gasteiger partial charge >= 0.3 is 6.09 Å². The molecule has 2 amide bonds. The molecule has 0 spiro atoms. The number of carbonyl (C=O) groups is 2. The second-order valence-corrected chi connectivity index (χ2v) is 5.77. The van der Waals surface area contributed by atoms with Gasteiger partial charge in [0.25, 0.3) is 5.91 Å². The first-order chi connectivity index (χ1) is 10.1. The second-order valence-electron chi connectivity index (χ2n) is 4.91. The molecule has 6 heteroatoms. The van der Waals surface area contributed by atoms with Crippen LogP contribution in [0.25, 0.3) is 0 Å². The number of nitrogens with zero attached hydrogens (tertiary/aromatic N) is 1. The van der Waals surface area contributed by atoms with E-state index in [9.17, 15) is 9.59 Å². The smallest absolute Gasteiger partial charge is 0.409 e. The molecule has 1 N–H and O–H groups in total. The van der Waals surface area contributed by atoms with Crippen LogP contribution in [0.2, 0.25) is 0 Å². The third kappa shape index (κ3) is 4.20. The molecule has 0 aliphatic carbocycles. The summed E-state index contributed by atoms with van der Waals surface area (Å²) in [5, 5.41) is 3.02. The summed E-state index contributed by atoms with van der Waals surface area (Å²) in [6.45, 7) is 3.40. The second kappa shape index (κ2) is 7.45. The minimum absolute atomic E-state index is 0.0861. The van der Waals surface area contributed by atoms with Crippen LogP contribution in [-0.4, -0.2) is 42.6 Å². The zero-order valence-electron chi connectivity index (χ0n) is 12.0. The summed E-state index contributed by atoms with van der Waals surface area (Å²) in [7, 11) is 0. The van der Waals surface area contributed by atoms with Gasteiger partial charge in [-0.05, 0) is 47.8 Å². The molecule has 1 aliphatic heterocycles. The van der Waals surface area contributed by atoms with E-state index in [0.29, 0.717) is 25.3 Å². The number of ether oxygens (including phenoxy) is 1. The Hall–Kier alpha value is -1.56. The summed E-state index contributed by atoms with van der Waals surface area (Å²) in [5.41, 5.74) is 0.630. The van der Waals surface area contributed by atoms with Crippen LogP contribution >= 0.6 is 15.9 Å². The SMILES string of the molecule is CCOC(=O)N1CCC(NC(=O)c2ccccc2Br)CC1. The standard InChI is InChI=1S/C15H19BrN2O3/c1-2-21-15(20)18-9-7-11(8-10-18)17-14(19)12-5-3-4-6-13(12)16/h3-6,11H,2,7-10H2,1H3,(H,17,19). The van der Waals surface area contributed by atoms with Gasteiger partial charge in [0.05, 0.1) is 12.2 Å². The highest BCUT2D eigenvalue weighted by Crippen LogP contribution is 2.17. The lowest BCUT2D eigenvalue weighted by Gasteiger charge is -2.31. The fourth-order valence-corrected chi connectivity index (χ4v) is 2.79. The molecule has 2 rings (SSSR count). The molecule has 1 aliphatic rings. The highest BCUT2D eigenvalue weighted by Gasteiger charge is 2.25.